The predicted molar refractivity (Wildman–Crippen MR) is 59.0 cm³/mol. The highest BCUT2D eigenvalue weighted by molar-refractivity contribution is 5.14. The second-order valence-electron chi connectivity index (χ2n) is 3.58. The summed E-state index contributed by atoms with van der Waals surface area (Å²) in [5.74, 6) is 5.53. The largest absolute Gasteiger partial charge is 0.276 e. The summed E-state index contributed by atoms with van der Waals surface area (Å²) in [6.07, 6.45) is 5.99. The second kappa shape index (κ2) is 4.82. The maximum Gasteiger partial charge on any atom is 0.0643 e. The van der Waals surface area contributed by atoms with Gasteiger partial charge in [-0.05, 0) is 17.7 Å². The Labute approximate surface area is 93.5 Å². The zero-order valence-corrected chi connectivity index (χ0v) is 9.04. The Balaban J connectivity index is 2.12. The predicted octanol–water partition coefficient (Wildman–Crippen LogP) is -0.0428. The lowest BCUT2D eigenvalue weighted by atomic mass is 10.1. The average molecular weight is 218 g/mol. The summed E-state index contributed by atoms with van der Waals surface area (Å²) in [7, 11) is 1.89. The minimum atomic E-state index is 0.00500. The van der Waals surface area contributed by atoms with Crippen LogP contribution >= 0.6 is 0 Å². The van der Waals surface area contributed by atoms with E-state index in [0.29, 0.717) is 0 Å². The molecule has 0 aromatic carbocycles. The van der Waals surface area contributed by atoms with Crippen LogP contribution in [0.1, 0.15) is 17.3 Å². The Hall–Kier alpha value is -1.79. The second-order valence-corrected chi connectivity index (χ2v) is 3.58. The Bertz CT molecular complexity index is 438. The van der Waals surface area contributed by atoms with Crippen molar-refractivity contribution in [2.24, 2.45) is 12.9 Å². The van der Waals surface area contributed by atoms with E-state index in [1.807, 2.05) is 25.4 Å². The Morgan fingerprint density at radius 2 is 2.31 bits per heavy atom. The van der Waals surface area contributed by atoms with Gasteiger partial charge >= 0.3 is 0 Å². The van der Waals surface area contributed by atoms with Crippen LogP contribution in [0.15, 0.2) is 30.7 Å². The summed E-state index contributed by atoms with van der Waals surface area (Å²) in [5, 5.41) is 11.9. The molecule has 2 heterocycles. The van der Waals surface area contributed by atoms with E-state index in [0.717, 1.165) is 17.7 Å². The van der Waals surface area contributed by atoms with Crippen molar-refractivity contribution in [3.05, 3.63) is 42.0 Å². The molecule has 3 N–H and O–H groups in total. The van der Waals surface area contributed by atoms with Gasteiger partial charge in [0.2, 0.25) is 0 Å². The number of hydrazine groups is 1. The maximum atomic E-state index is 5.53. The number of rotatable bonds is 4. The molecule has 0 aliphatic carbocycles. The number of nitrogens with zero attached hydrogens (tertiary/aromatic N) is 4. The lowest BCUT2D eigenvalue weighted by molar-refractivity contribution is 0.538. The molecule has 1 unspecified atom stereocenters. The van der Waals surface area contributed by atoms with Crippen LogP contribution in [0.2, 0.25) is 0 Å². The molecule has 6 heteroatoms. The van der Waals surface area contributed by atoms with Crippen LogP contribution < -0.4 is 11.3 Å². The monoisotopic (exact) mass is 218 g/mol. The van der Waals surface area contributed by atoms with E-state index in [-0.39, 0.29) is 6.04 Å². The van der Waals surface area contributed by atoms with E-state index < -0.39 is 0 Å². The van der Waals surface area contributed by atoms with Crippen LogP contribution in [0.4, 0.5) is 0 Å². The summed E-state index contributed by atoms with van der Waals surface area (Å²) in [6.45, 7) is 0. The maximum absolute atomic E-state index is 5.53. The lowest BCUT2D eigenvalue weighted by Crippen LogP contribution is -2.29. The SMILES string of the molecule is Cn1ccc(CC(NN)c2ccnnc2)n1. The van der Waals surface area contributed by atoms with Gasteiger partial charge in [0.15, 0.2) is 0 Å². The number of nitrogens with two attached hydrogens (primary N) is 1. The quantitative estimate of drug-likeness (QED) is 0.555. The minimum Gasteiger partial charge on any atom is -0.276 e. The number of aromatic nitrogens is 4. The zero-order chi connectivity index (χ0) is 11.4. The number of nitrogens with one attached hydrogen (secondary N) is 1. The first-order valence-electron chi connectivity index (χ1n) is 5.01. The molecule has 0 spiro atoms. The Morgan fingerprint density at radius 3 is 2.88 bits per heavy atom. The van der Waals surface area contributed by atoms with E-state index in [2.05, 4.69) is 20.7 Å². The van der Waals surface area contributed by atoms with Gasteiger partial charge in [-0.2, -0.15) is 15.3 Å². The third-order valence-corrected chi connectivity index (χ3v) is 2.39. The minimum absolute atomic E-state index is 0.00500. The van der Waals surface area contributed by atoms with Crippen LogP contribution in [0, 0.1) is 0 Å². The van der Waals surface area contributed by atoms with Gasteiger partial charge in [-0.15, -0.1) is 0 Å². The van der Waals surface area contributed by atoms with Crippen LogP contribution in [0.25, 0.3) is 0 Å². The molecule has 2 rings (SSSR count). The topological polar surface area (TPSA) is 81.7 Å². The normalized spacial score (nSPS) is 12.6. The highest BCUT2D eigenvalue weighted by atomic mass is 15.3. The van der Waals surface area contributed by atoms with Crippen LogP contribution in [-0.4, -0.2) is 20.0 Å². The van der Waals surface area contributed by atoms with Gasteiger partial charge in [-0.25, -0.2) is 0 Å². The van der Waals surface area contributed by atoms with Crippen molar-refractivity contribution < 1.29 is 0 Å². The van der Waals surface area contributed by atoms with Gasteiger partial charge in [0.05, 0.1) is 17.9 Å². The van der Waals surface area contributed by atoms with E-state index >= 15 is 0 Å². The summed E-state index contributed by atoms with van der Waals surface area (Å²) in [5.41, 5.74) is 4.75. The molecule has 0 saturated carbocycles. The first-order valence-corrected chi connectivity index (χ1v) is 5.01. The molecule has 0 aliphatic rings. The van der Waals surface area contributed by atoms with Crippen LogP contribution in [0.3, 0.4) is 0 Å². The molecule has 16 heavy (non-hydrogen) atoms. The molecule has 0 bridgehead atoms. The van der Waals surface area contributed by atoms with E-state index in [4.69, 9.17) is 5.84 Å². The standard InChI is InChI=1S/C10H14N6/c1-16-5-3-9(15-16)6-10(14-11)8-2-4-12-13-7-8/h2-5,7,10,14H,6,11H2,1H3. The van der Waals surface area contributed by atoms with Crippen molar-refractivity contribution in [1.82, 2.24) is 25.4 Å². The van der Waals surface area contributed by atoms with Gasteiger partial charge in [0, 0.05) is 25.9 Å². The smallest absolute Gasteiger partial charge is 0.0643 e. The molecule has 0 aliphatic heterocycles. The molecule has 0 radical (unpaired) electrons. The van der Waals surface area contributed by atoms with Crippen molar-refractivity contribution >= 4 is 0 Å². The first-order chi connectivity index (χ1) is 7.79. The number of hydrogen-bond donors (Lipinski definition) is 2. The van der Waals surface area contributed by atoms with Crippen LogP contribution in [-0.2, 0) is 13.5 Å². The molecule has 2 aromatic rings. The lowest BCUT2D eigenvalue weighted by Gasteiger charge is -2.13. The summed E-state index contributed by atoms with van der Waals surface area (Å²) >= 11 is 0. The molecular weight excluding hydrogens is 204 g/mol. The number of aryl methyl sites for hydroxylation is 1. The van der Waals surface area contributed by atoms with Gasteiger partial charge < -0.3 is 0 Å². The third kappa shape index (κ3) is 2.41. The summed E-state index contributed by atoms with van der Waals surface area (Å²) < 4.78 is 1.77. The fraction of sp³-hybridized carbons (Fsp3) is 0.300. The van der Waals surface area contributed by atoms with Crippen molar-refractivity contribution in [3.8, 4) is 0 Å². The van der Waals surface area contributed by atoms with Crippen molar-refractivity contribution in [2.75, 3.05) is 0 Å². The third-order valence-electron chi connectivity index (χ3n) is 2.39. The Morgan fingerprint density at radius 1 is 1.44 bits per heavy atom. The zero-order valence-electron chi connectivity index (χ0n) is 9.04. The fourth-order valence-corrected chi connectivity index (χ4v) is 1.56. The fourth-order valence-electron chi connectivity index (χ4n) is 1.56. The van der Waals surface area contributed by atoms with Crippen LogP contribution in [0.5, 0.6) is 0 Å². The summed E-state index contributed by atoms with van der Waals surface area (Å²) in [6, 6.07) is 3.87. The van der Waals surface area contributed by atoms with Crippen molar-refractivity contribution in [2.45, 2.75) is 12.5 Å². The van der Waals surface area contributed by atoms with Gasteiger partial charge in [0.25, 0.3) is 0 Å². The highest BCUT2D eigenvalue weighted by Crippen LogP contribution is 2.14. The molecule has 6 nitrogen and oxygen atoms in total. The van der Waals surface area contributed by atoms with Crippen molar-refractivity contribution in [1.29, 1.82) is 0 Å². The first kappa shape index (κ1) is 10.7. The molecule has 84 valence electrons. The van der Waals surface area contributed by atoms with E-state index in [9.17, 15) is 0 Å². The molecule has 1 atom stereocenters. The van der Waals surface area contributed by atoms with Gasteiger partial charge in [-0.3, -0.25) is 16.0 Å². The van der Waals surface area contributed by atoms with E-state index in [1.165, 1.54) is 0 Å². The van der Waals surface area contributed by atoms with Gasteiger partial charge in [-0.1, -0.05) is 0 Å². The molecule has 0 saturated heterocycles. The molecule has 0 fully saturated rings. The van der Waals surface area contributed by atoms with Crippen molar-refractivity contribution in [3.63, 3.8) is 0 Å². The molecule has 2 aromatic heterocycles. The molecule has 0 amide bonds. The molecular formula is C10H14N6. The Kier molecular flexibility index (Phi) is 3.23. The highest BCUT2D eigenvalue weighted by Gasteiger charge is 2.12. The van der Waals surface area contributed by atoms with Gasteiger partial charge in [0.1, 0.15) is 0 Å². The van der Waals surface area contributed by atoms with E-state index in [1.54, 1.807) is 17.1 Å². The summed E-state index contributed by atoms with van der Waals surface area (Å²) in [4.78, 5) is 0. The average Bonchev–Trinajstić information content (AvgIpc) is 2.73. The number of hydrogen-bond acceptors (Lipinski definition) is 5.